The van der Waals surface area contributed by atoms with Gasteiger partial charge in [-0.15, -0.1) is 0 Å². The van der Waals surface area contributed by atoms with Crippen molar-refractivity contribution in [2.24, 2.45) is 5.41 Å². The number of halogens is 4. The van der Waals surface area contributed by atoms with E-state index in [-0.39, 0.29) is 58.3 Å². The largest absolute Gasteiger partial charge is 0.473 e. The zero-order valence-electron chi connectivity index (χ0n) is 25.6. The molecule has 0 saturated carbocycles. The Kier molecular flexibility index (Phi) is 8.78. The molecule has 12 heteroatoms. The number of fused-ring (bicyclic) bond motifs is 1. The van der Waals surface area contributed by atoms with Gasteiger partial charge in [0.05, 0.1) is 54.8 Å². The summed E-state index contributed by atoms with van der Waals surface area (Å²) < 4.78 is 64.6. The fraction of sp³-hybridized carbons (Fsp3) is 0.257. The number of pyridine rings is 1. The van der Waals surface area contributed by atoms with Crippen LogP contribution in [0.2, 0.25) is 0 Å². The van der Waals surface area contributed by atoms with E-state index in [4.69, 9.17) is 24.5 Å². The highest BCUT2D eigenvalue weighted by molar-refractivity contribution is 9.10. The molecule has 1 unspecified atom stereocenters. The number of methoxy groups -OCH3 is 1. The molecule has 2 aromatic heterocycles. The Morgan fingerprint density at radius 3 is 2.55 bits per heavy atom. The van der Waals surface area contributed by atoms with Crippen molar-refractivity contribution in [3.05, 3.63) is 111 Å². The van der Waals surface area contributed by atoms with Gasteiger partial charge in [0.25, 0.3) is 0 Å². The summed E-state index contributed by atoms with van der Waals surface area (Å²) in [6.45, 7) is 4.80. The molecule has 3 aromatic carbocycles. The Morgan fingerprint density at radius 1 is 1.06 bits per heavy atom. The molecule has 1 aliphatic heterocycles. The minimum Gasteiger partial charge on any atom is -0.473 e. The summed E-state index contributed by atoms with van der Waals surface area (Å²) >= 11 is 3.52. The smallest absolute Gasteiger partial charge is 0.337 e. The molecule has 1 saturated heterocycles. The number of esters is 1. The third-order valence-corrected chi connectivity index (χ3v) is 8.85. The number of benzene rings is 3. The molecule has 8 nitrogen and oxygen atoms in total. The third kappa shape index (κ3) is 6.33. The second-order valence-electron chi connectivity index (χ2n) is 11.9. The molecule has 5 aromatic rings. The van der Waals surface area contributed by atoms with Crippen LogP contribution in [-0.4, -0.2) is 40.8 Å². The lowest BCUT2D eigenvalue weighted by Crippen LogP contribution is -2.27. The number of carbonyl (C=O) groups is 1. The normalized spacial score (nSPS) is 15.5. The maximum atomic E-state index is 15.8. The van der Waals surface area contributed by atoms with Crippen LogP contribution in [0.5, 0.6) is 5.88 Å². The maximum Gasteiger partial charge on any atom is 0.337 e. The number of hydrogen-bond acceptors (Lipinski definition) is 7. The number of hydrogen-bond donors (Lipinski definition) is 0. The SMILES string of the molecule is COC(=O)c1cc(Br)c2nc(Cc3cc(F)c(-c4cccc(OCc5ccc(C#N)cc5F)n4)cc3F)n(C3COCC3(C)C)c2c1. The van der Waals surface area contributed by atoms with E-state index in [1.807, 2.05) is 10.6 Å². The van der Waals surface area contributed by atoms with E-state index in [1.54, 1.807) is 18.2 Å². The second-order valence-corrected chi connectivity index (χ2v) is 12.8. The monoisotopic (exact) mass is 704 g/mol. The van der Waals surface area contributed by atoms with Crippen molar-refractivity contribution in [2.75, 3.05) is 20.3 Å². The van der Waals surface area contributed by atoms with Crippen LogP contribution in [0.3, 0.4) is 0 Å². The molecular weight excluding hydrogens is 677 g/mol. The highest BCUT2D eigenvalue weighted by Gasteiger charge is 2.39. The van der Waals surface area contributed by atoms with Gasteiger partial charge in [-0.25, -0.2) is 27.9 Å². The van der Waals surface area contributed by atoms with E-state index < -0.39 is 23.4 Å². The number of imidazole rings is 1. The zero-order chi connectivity index (χ0) is 33.5. The maximum absolute atomic E-state index is 15.8. The molecule has 1 atom stereocenters. The minimum absolute atomic E-state index is 0.0446. The van der Waals surface area contributed by atoms with Crippen molar-refractivity contribution in [1.29, 1.82) is 5.26 Å². The molecule has 0 amide bonds. The molecule has 0 bridgehead atoms. The van der Waals surface area contributed by atoms with Crippen molar-refractivity contribution >= 4 is 32.9 Å². The van der Waals surface area contributed by atoms with Crippen LogP contribution in [0, 0.1) is 34.2 Å². The Hall–Kier alpha value is -4.73. The highest BCUT2D eigenvalue weighted by atomic mass is 79.9. The fourth-order valence-electron chi connectivity index (χ4n) is 5.71. The lowest BCUT2D eigenvalue weighted by atomic mass is 9.87. The quantitative estimate of drug-likeness (QED) is 0.153. The predicted molar refractivity (Wildman–Crippen MR) is 170 cm³/mol. The summed E-state index contributed by atoms with van der Waals surface area (Å²) in [6, 6.07) is 15.8. The molecule has 1 fully saturated rings. The third-order valence-electron chi connectivity index (χ3n) is 8.25. The van der Waals surface area contributed by atoms with E-state index in [0.717, 1.165) is 18.2 Å². The van der Waals surface area contributed by atoms with Gasteiger partial charge >= 0.3 is 5.97 Å². The van der Waals surface area contributed by atoms with Gasteiger partial charge in [0.15, 0.2) is 0 Å². The number of nitriles is 1. The molecule has 6 rings (SSSR count). The molecule has 0 N–H and O–H groups in total. The van der Waals surface area contributed by atoms with Crippen molar-refractivity contribution < 1.29 is 32.2 Å². The van der Waals surface area contributed by atoms with Crippen molar-refractivity contribution in [3.8, 4) is 23.2 Å². The molecule has 240 valence electrons. The fourth-order valence-corrected chi connectivity index (χ4v) is 6.25. The summed E-state index contributed by atoms with van der Waals surface area (Å²) in [4.78, 5) is 21.6. The number of aromatic nitrogens is 3. The Bertz CT molecular complexity index is 2070. The predicted octanol–water partition coefficient (Wildman–Crippen LogP) is 7.70. The van der Waals surface area contributed by atoms with Crippen LogP contribution in [0.1, 0.15) is 52.8 Å². The summed E-state index contributed by atoms with van der Waals surface area (Å²) in [5.41, 5.74) is 1.73. The number of ether oxygens (including phenoxy) is 3. The van der Waals surface area contributed by atoms with Crippen LogP contribution < -0.4 is 4.74 Å². The lowest BCUT2D eigenvalue weighted by Gasteiger charge is -2.28. The van der Waals surface area contributed by atoms with Crippen molar-refractivity contribution in [2.45, 2.75) is 32.9 Å². The van der Waals surface area contributed by atoms with Crippen LogP contribution in [0.25, 0.3) is 22.3 Å². The van der Waals surface area contributed by atoms with Crippen LogP contribution in [0.4, 0.5) is 13.2 Å². The van der Waals surface area contributed by atoms with Gasteiger partial charge < -0.3 is 18.8 Å². The first-order chi connectivity index (χ1) is 22.5. The summed E-state index contributed by atoms with van der Waals surface area (Å²) in [5, 5.41) is 8.94. The van der Waals surface area contributed by atoms with Gasteiger partial charge in [-0.1, -0.05) is 26.0 Å². The second kappa shape index (κ2) is 12.8. The molecule has 0 radical (unpaired) electrons. The van der Waals surface area contributed by atoms with Gasteiger partial charge in [0.2, 0.25) is 5.88 Å². The first kappa shape index (κ1) is 32.2. The zero-order valence-corrected chi connectivity index (χ0v) is 27.2. The standard InChI is InChI=1S/C35H28BrF3N4O4/c1-35(2)18-46-17-30(35)43-29-12-22(34(44)45-3)10-24(36)33(29)42-31(43)13-21-11-27(39)23(14-26(21)38)28-5-4-6-32(41-28)47-16-20-8-7-19(15-40)9-25(20)37/h4-12,14,30H,13,16-18H2,1-3H3. The van der Waals surface area contributed by atoms with Crippen LogP contribution >= 0.6 is 15.9 Å². The highest BCUT2D eigenvalue weighted by Crippen LogP contribution is 2.42. The van der Waals surface area contributed by atoms with Gasteiger partial charge in [-0.3, -0.25) is 0 Å². The van der Waals surface area contributed by atoms with Crippen LogP contribution in [-0.2, 0) is 22.5 Å². The van der Waals surface area contributed by atoms with E-state index in [9.17, 15) is 9.18 Å². The summed E-state index contributed by atoms with van der Waals surface area (Å²) in [6.07, 6.45) is -0.0446. The van der Waals surface area contributed by atoms with Gasteiger partial charge in [0, 0.05) is 33.5 Å². The number of rotatable bonds is 8. The van der Waals surface area contributed by atoms with E-state index >= 15 is 8.78 Å². The van der Waals surface area contributed by atoms with Crippen molar-refractivity contribution in [3.63, 3.8) is 0 Å². The Labute approximate surface area is 276 Å². The van der Waals surface area contributed by atoms with Crippen molar-refractivity contribution in [1.82, 2.24) is 14.5 Å². The van der Waals surface area contributed by atoms with Crippen LogP contribution in [0.15, 0.2) is 65.1 Å². The average Bonchev–Trinajstić information content (AvgIpc) is 3.59. The molecule has 1 aliphatic rings. The summed E-state index contributed by atoms with van der Waals surface area (Å²) in [7, 11) is 1.30. The van der Waals surface area contributed by atoms with E-state index in [2.05, 4.69) is 34.8 Å². The Morgan fingerprint density at radius 2 is 1.85 bits per heavy atom. The van der Waals surface area contributed by atoms with E-state index in [1.165, 1.54) is 31.4 Å². The van der Waals surface area contributed by atoms with E-state index in [0.29, 0.717) is 40.1 Å². The number of carbonyl (C=O) groups excluding carboxylic acids is 1. The first-order valence-electron chi connectivity index (χ1n) is 14.6. The van der Waals surface area contributed by atoms with Gasteiger partial charge in [-0.2, -0.15) is 5.26 Å². The Balaban J connectivity index is 1.33. The molecule has 0 spiro atoms. The molecule has 3 heterocycles. The minimum atomic E-state index is -0.703. The molecular formula is C35H28BrF3N4O4. The first-order valence-corrected chi connectivity index (χ1v) is 15.4. The summed E-state index contributed by atoms with van der Waals surface area (Å²) in [5.74, 6) is -1.92. The number of nitrogens with zero attached hydrogens (tertiary/aromatic N) is 4. The topological polar surface area (TPSA) is 99.3 Å². The molecule has 47 heavy (non-hydrogen) atoms. The van der Waals surface area contributed by atoms with Gasteiger partial charge in [-0.05, 0) is 64.0 Å². The molecule has 0 aliphatic carbocycles. The van der Waals surface area contributed by atoms with Gasteiger partial charge in [0.1, 0.15) is 35.4 Å². The lowest BCUT2D eigenvalue weighted by molar-refractivity contribution is 0.0600. The average molecular weight is 706 g/mol.